The van der Waals surface area contributed by atoms with Crippen LogP contribution in [0.25, 0.3) is 0 Å². The maximum Gasteiger partial charge on any atom is 0.310 e. The highest BCUT2D eigenvalue weighted by Gasteiger charge is 2.18. The second-order valence-electron chi connectivity index (χ2n) is 3.02. The average molecular weight is 231 g/mol. The topological polar surface area (TPSA) is 59.4 Å². The molecular formula is C10H11F2NO3. The Hall–Kier alpha value is -1.72. The molecule has 4 nitrogen and oxygen atoms in total. The van der Waals surface area contributed by atoms with Crippen LogP contribution < -0.4 is 0 Å². The molecule has 1 rings (SSSR count). The predicted molar refractivity (Wildman–Crippen MR) is 51.2 cm³/mol. The minimum Gasteiger partial charge on any atom is -0.506 e. The van der Waals surface area contributed by atoms with Crippen LogP contribution in [0.5, 0.6) is 5.75 Å². The molecular weight excluding hydrogens is 220 g/mol. The lowest BCUT2D eigenvalue weighted by Crippen LogP contribution is -2.10. The monoisotopic (exact) mass is 231 g/mol. The Morgan fingerprint density at radius 3 is 2.88 bits per heavy atom. The number of nitrogens with zero attached hydrogens (tertiary/aromatic N) is 1. The van der Waals surface area contributed by atoms with Crippen LogP contribution in [0.4, 0.5) is 8.78 Å². The largest absolute Gasteiger partial charge is 0.506 e. The van der Waals surface area contributed by atoms with E-state index in [1.807, 2.05) is 0 Å². The standard InChI is InChI=1S/C10H11F2NO3/c1-2-16-8(15)4-6-3-7(14)5-13-9(6)10(11)12/h3,5,10,14H,2,4H2,1H3. The molecule has 0 aliphatic carbocycles. The molecule has 0 saturated heterocycles. The molecule has 0 fully saturated rings. The molecule has 0 aliphatic heterocycles. The molecule has 1 N–H and O–H groups in total. The minimum absolute atomic E-state index is 0.0200. The van der Waals surface area contributed by atoms with Gasteiger partial charge in [0.2, 0.25) is 0 Å². The van der Waals surface area contributed by atoms with Crippen molar-refractivity contribution in [3.63, 3.8) is 0 Å². The number of esters is 1. The fraction of sp³-hybridized carbons (Fsp3) is 0.400. The molecule has 16 heavy (non-hydrogen) atoms. The highest BCUT2D eigenvalue weighted by molar-refractivity contribution is 5.73. The predicted octanol–water partition coefficient (Wildman–Crippen LogP) is 1.83. The van der Waals surface area contributed by atoms with Gasteiger partial charge in [-0.2, -0.15) is 0 Å². The Morgan fingerprint density at radius 1 is 1.62 bits per heavy atom. The highest BCUT2D eigenvalue weighted by atomic mass is 19.3. The van der Waals surface area contributed by atoms with Crippen LogP contribution in [0.2, 0.25) is 0 Å². The third-order valence-corrected chi connectivity index (χ3v) is 1.83. The van der Waals surface area contributed by atoms with Crippen molar-refractivity contribution < 1.29 is 23.4 Å². The second-order valence-corrected chi connectivity index (χ2v) is 3.02. The third kappa shape index (κ3) is 3.15. The lowest BCUT2D eigenvalue weighted by molar-refractivity contribution is -0.142. The summed E-state index contributed by atoms with van der Waals surface area (Å²) >= 11 is 0. The Kier molecular flexibility index (Phi) is 4.16. The van der Waals surface area contributed by atoms with E-state index in [9.17, 15) is 13.6 Å². The molecule has 1 aromatic rings. The van der Waals surface area contributed by atoms with Crippen LogP contribution in [-0.4, -0.2) is 22.7 Å². The van der Waals surface area contributed by atoms with Crippen molar-refractivity contribution in [1.82, 2.24) is 4.98 Å². The number of alkyl halides is 2. The zero-order chi connectivity index (χ0) is 12.1. The fourth-order valence-corrected chi connectivity index (χ4v) is 1.21. The van der Waals surface area contributed by atoms with E-state index in [4.69, 9.17) is 5.11 Å². The van der Waals surface area contributed by atoms with E-state index in [0.717, 1.165) is 12.3 Å². The molecule has 0 bridgehead atoms. The number of halogens is 2. The van der Waals surface area contributed by atoms with Gasteiger partial charge in [-0.3, -0.25) is 9.78 Å². The Balaban J connectivity index is 2.92. The van der Waals surface area contributed by atoms with E-state index in [1.54, 1.807) is 6.92 Å². The van der Waals surface area contributed by atoms with Crippen molar-refractivity contribution in [3.8, 4) is 5.75 Å². The summed E-state index contributed by atoms with van der Waals surface area (Å²) in [7, 11) is 0. The summed E-state index contributed by atoms with van der Waals surface area (Å²) < 4.78 is 29.6. The van der Waals surface area contributed by atoms with Gasteiger partial charge in [-0.25, -0.2) is 8.78 Å². The molecule has 0 saturated carbocycles. The Morgan fingerprint density at radius 2 is 2.31 bits per heavy atom. The first-order chi connectivity index (χ1) is 7.54. The Bertz CT molecular complexity index is 382. The van der Waals surface area contributed by atoms with E-state index in [2.05, 4.69) is 9.72 Å². The normalized spacial score (nSPS) is 10.5. The van der Waals surface area contributed by atoms with Crippen molar-refractivity contribution >= 4 is 5.97 Å². The first-order valence-electron chi connectivity index (χ1n) is 4.66. The van der Waals surface area contributed by atoms with Crippen LogP contribution in [0.3, 0.4) is 0 Å². The van der Waals surface area contributed by atoms with E-state index in [1.165, 1.54) is 0 Å². The molecule has 6 heteroatoms. The molecule has 1 aromatic heterocycles. The summed E-state index contributed by atoms with van der Waals surface area (Å²) in [5, 5.41) is 9.10. The van der Waals surface area contributed by atoms with Crippen molar-refractivity contribution in [3.05, 3.63) is 23.5 Å². The van der Waals surface area contributed by atoms with Crippen LogP contribution >= 0.6 is 0 Å². The van der Waals surface area contributed by atoms with Gasteiger partial charge in [0.15, 0.2) is 0 Å². The summed E-state index contributed by atoms with van der Waals surface area (Å²) in [5.41, 5.74) is -0.528. The molecule has 0 unspecified atom stereocenters. The molecule has 0 amide bonds. The quantitative estimate of drug-likeness (QED) is 0.803. The summed E-state index contributed by atoms with van der Waals surface area (Å²) in [5.74, 6) is -0.888. The van der Waals surface area contributed by atoms with Gasteiger partial charge in [-0.05, 0) is 18.6 Å². The number of carbonyl (C=O) groups is 1. The maximum atomic E-state index is 12.5. The molecule has 0 atom stereocenters. The SMILES string of the molecule is CCOC(=O)Cc1cc(O)cnc1C(F)F. The molecule has 0 spiro atoms. The van der Waals surface area contributed by atoms with E-state index < -0.39 is 18.1 Å². The van der Waals surface area contributed by atoms with Crippen LogP contribution in [-0.2, 0) is 16.0 Å². The summed E-state index contributed by atoms with van der Waals surface area (Å²) in [6, 6.07) is 1.09. The Labute approximate surface area is 90.9 Å². The van der Waals surface area contributed by atoms with E-state index in [-0.39, 0.29) is 24.3 Å². The van der Waals surface area contributed by atoms with Crippen molar-refractivity contribution in [2.75, 3.05) is 6.61 Å². The molecule has 0 aliphatic rings. The van der Waals surface area contributed by atoms with Gasteiger partial charge in [-0.1, -0.05) is 0 Å². The third-order valence-electron chi connectivity index (χ3n) is 1.83. The number of pyridine rings is 1. The van der Waals surface area contributed by atoms with E-state index >= 15 is 0 Å². The van der Waals surface area contributed by atoms with Crippen molar-refractivity contribution in [1.29, 1.82) is 0 Å². The fourth-order valence-electron chi connectivity index (χ4n) is 1.21. The number of rotatable bonds is 4. The minimum atomic E-state index is -2.79. The molecule has 88 valence electrons. The van der Waals surface area contributed by atoms with Crippen LogP contribution in [0.1, 0.15) is 24.6 Å². The van der Waals surface area contributed by atoms with Gasteiger partial charge in [0.25, 0.3) is 6.43 Å². The number of hydrogen-bond acceptors (Lipinski definition) is 4. The van der Waals surface area contributed by atoms with Crippen LogP contribution in [0.15, 0.2) is 12.3 Å². The molecule has 0 aromatic carbocycles. The summed E-state index contributed by atoms with van der Waals surface area (Å²) in [6.07, 6.45) is -2.20. The van der Waals surface area contributed by atoms with Gasteiger partial charge in [0.1, 0.15) is 11.4 Å². The molecule has 0 radical (unpaired) electrons. The van der Waals surface area contributed by atoms with Crippen molar-refractivity contribution in [2.45, 2.75) is 19.8 Å². The molecule has 1 heterocycles. The number of carbonyl (C=O) groups excluding carboxylic acids is 1. The highest BCUT2D eigenvalue weighted by Crippen LogP contribution is 2.24. The van der Waals surface area contributed by atoms with Gasteiger partial charge in [0, 0.05) is 0 Å². The van der Waals surface area contributed by atoms with E-state index in [0.29, 0.717) is 0 Å². The summed E-state index contributed by atoms with van der Waals surface area (Å²) in [4.78, 5) is 14.5. The zero-order valence-electron chi connectivity index (χ0n) is 8.61. The van der Waals surface area contributed by atoms with Gasteiger partial charge < -0.3 is 9.84 Å². The number of ether oxygens (including phenoxy) is 1. The first kappa shape index (κ1) is 12.4. The smallest absolute Gasteiger partial charge is 0.310 e. The van der Waals surface area contributed by atoms with Gasteiger partial charge in [-0.15, -0.1) is 0 Å². The zero-order valence-corrected chi connectivity index (χ0v) is 8.61. The van der Waals surface area contributed by atoms with Gasteiger partial charge >= 0.3 is 5.97 Å². The number of aromatic hydroxyl groups is 1. The maximum absolute atomic E-state index is 12.5. The lowest BCUT2D eigenvalue weighted by atomic mass is 10.1. The van der Waals surface area contributed by atoms with Crippen LogP contribution in [0, 0.1) is 0 Å². The number of aromatic nitrogens is 1. The second kappa shape index (κ2) is 5.39. The summed E-state index contributed by atoms with van der Waals surface area (Å²) in [6.45, 7) is 1.79. The van der Waals surface area contributed by atoms with Crippen molar-refractivity contribution in [2.24, 2.45) is 0 Å². The number of hydrogen-bond donors (Lipinski definition) is 1. The lowest BCUT2D eigenvalue weighted by Gasteiger charge is -2.07. The van der Waals surface area contributed by atoms with Gasteiger partial charge in [0.05, 0.1) is 19.2 Å². The first-order valence-corrected chi connectivity index (χ1v) is 4.66. The average Bonchev–Trinajstić information content (AvgIpc) is 2.17.